The van der Waals surface area contributed by atoms with Gasteiger partial charge in [-0.25, -0.2) is 4.98 Å². The number of ether oxygens (including phenoxy) is 1. The molecule has 3 nitrogen and oxygen atoms in total. The fourth-order valence-electron chi connectivity index (χ4n) is 0.750. The summed E-state index contributed by atoms with van der Waals surface area (Å²) in [5.74, 6) is -0.279. The maximum absolute atomic E-state index is 10.8. The highest BCUT2D eigenvalue weighted by Gasteiger charge is 2.01. The quantitative estimate of drug-likeness (QED) is 0.562. The Hall–Kier alpha value is -1.09. The predicted molar refractivity (Wildman–Crippen MR) is 56.3 cm³/mol. The van der Waals surface area contributed by atoms with Crippen LogP contribution in [0, 0.1) is 0 Å². The number of methoxy groups -OCH3 is 1. The fourth-order valence-corrected chi connectivity index (χ4v) is 0.862. The maximum atomic E-state index is 10.8. The van der Waals surface area contributed by atoms with E-state index in [2.05, 4.69) is 9.72 Å². The van der Waals surface area contributed by atoms with Crippen LogP contribution in [0.15, 0.2) is 18.3 Å². The highest BCUT2D eigenvalue weighted by Crippen LogP contribution is 2.05. The number of halogens is 1. The van der Waals surface area contributed by atoms with Crippen LogP contribution in [0.2, 0.25) is 5.15 Å². The zero-order valence-corrected chi connectivity index (χ0v) is 9.34. The number of aromatic nitrogens is 1. The Kier molecular flexibility index (Phi) is 6.76. The Morgan fingerprint density at radius 3 is 2.57 bits per heavy atom. The molecular formula is C10H14ClNO2. The number of carbonyl (C=O) groups excluding carboxylic acids is 1. The van der Waals surface area contributed by atoms with Crippen LogP contribution >= 0.6 is 11.6 Å². The molecule has 1 heterocycles. The summed E-state index contributed by atoms with van der Waals surface area (Å²) in [6.07, 6.45) is 1.79. The van der Waals surface area contributed by atoms with E-state index in [-0.39, 0.29) is 12.4 Å². The SMILES string of the molecule is CC.COC(=O)Cc1ccc(Cl)nc1. The third-order valence-electron chi connectivity index (χ3n) is 1.36. The first-order valence-corrected chi connectivity index (χ1v) is 4.77. The summed E-state index contributed by atoms with van der Waals surface area (Å²) >= 11 is 5.55. The average Bonchev–Trinajstić information content (AvgIpc) is 2.24. The third kappa shape index (κ3) is 4.82. The first-order valence-electron chi connectivity index (χ1n) is 4.39. The molecule has 4 heteroatoms. The average molecular weight is 216 g/mol. The number of hydrogen-bond acceptors (Lipinski definition) is 3. The Bertz CT molecular complexity index is 272. The molecule has 14 heavy (non-hydrogen) atoms. The number of hydrogen-bond donors (Lipinski definition) is 0. The van der Waals surface area contributed by atoms with Gasteiger partial charge in [0.25, 0.3) is 0 Å². The van der Waals surface area contributed by atoms with Gasteiger partial charge in [-0.1, -0.05) is 31.5 Å². The van der Waals surface area contributed by atoms with Crippen LogP contribution in [0.3, 0.4) is 0 Å². The van der Waals surface area contributed by atoms with Gasteiger partial charge in [-0.3, -0.25) is 4.79 Å². The summed E-state index contributed by atoms with van der Waals surface area (Å²) in [4.78, 5) is 14.6. The molecule has 1 rings (SSSR count). The Labute approximate surface area is 89.1 Å². The van der Waals surface area contributed by atoms with Gasteiger partial charge in [-0.2, -0.15) is 0 Å². The fraction of sp³-hybridized carbons (Fsp3) is 0.400. The van der Waals surface area contributed by atoms with Gasteiger partial charge in [0.05, 0.1) is 13.5 Å². The zero-order chi connectivity index (χ0) is 11.0. The summed E-state index contributed by atoms with van der Waals surface area (Å²) in [7, 11) is 1.35. The number of pyridine rings is 1. The first kappa shape index (κ1) is 12.9. The Balaban J connectivity index is 0.000000791. The topological polar surface area (TPSA) is 39.2 Å². The van der Waals surface area contributed by atoms with Gasteiger partial charge >= 0.3 is 5.97 Å². The molecular weight excluding hydrogens is 202 g/mol. The molecule has 1 aromatic rings. The molecule has 0 amide bonds. The van der Waals surface area contributed by atoms with Crippen LogP contribution in [-0.4, -0.2) is 18.1 Å². The van der Waals surface area contributed by atoms with Crippen LogP contribution in [0.1, 0.15) is 19.4 Å². The van der Waals surface area contributed by atoms with Crippen LogP contribution < -0.4 is 0 Å². The van der Waals surface area contributed by atoms with Crippen molar-refractivity contribution in [3.05, 3.63) is 29.0 Å². The van der Waals surface area contributed by atoms with Gasteiger partial charge in [0.1, 0.15) is 5.15 Å². The molecule has 0 radical (unpaired) electrons. The van der Waals surface area contributed by atoms with E-state index >= 15 is 0 Å². The second-order valence-corrected chi connectivity index (χ2v) is 2.63. The summed E-state index contributed by atoms with van der Waals surface area (Å²) in [6.45, 7) is 4.00. The summed E-state index contributed by atoms with van der Waals surface area (Å²) < 4.78 is 4.48. The van der Waals surface area contributed by atoms with Crippen molar-refractivity contribution in [2.75, 3.05) is 7.11 Å². The standard InChI is InChI=1S/C8H8ClNO2.C2H6/c1-12-8(11)4-6-2-3-7(9)10-5-6;1-2/h2-3,5H,4H2,1H3;1-2H3. The molecule has 0 atom stereocenters. The van der Waals surface area contributed by atoms with Gasteiger partial charge in [0.15, 0.2) is 0 Å². The minimum absolute atomic E-state index is 0.237. The molecule has 0 aromatic carbocycles. The maximum Gasteiger partial charge on any atom is 0.310 e. The van der Waals surface area contributed by atoms with E-state index in [1.54, 1.807) is 18.3 Å². The summed E-state index contributed by atoms with van der Waals surface area (Å²) in [6, 6.07) is 3.38. The Morgan fingerprint density at radius 1 is 1.50 bits per heavy atom. The molecule has 0 saturated carbocycles. The number of nitrogens with zero attached hydrogens (tertiary/aromatic N) is 1. The largest absolute Gasteiger partial charge is 0.469 e. The van der Waals surface area contributed by atoms with E-state index < -0.39 is 0 Å². The second-order valence-electron chi connectivity index (χ2n) is 2.24. The van der Waals surface area contributed by atoms with E-state index in [0.717, 1.165) is 5.56 Å². The summed E-state index contributed by atoms with van der Waals surface area (Å²) in [5, 5.41) is 0.420. The van der Waals surface area contributed by atoms with E-state index in [1.165, 1.54) is 7.11 Å². The number of carbonyl (C=O) groups is 1. The van der Waals surface area contributed by atoms with Gasteiger partial charge < -0.3 is 4.74 Å². The lowest BCUT2D eigenvalue weighted by Crippen LogP contribution is -2.04. The lowest BCUT2D eigenvalue weighted by atomic mass is 10.2. The Morgan fingerprint density at radius 2 is 2.14 bits per heavy atom. The minimum atomic E-state index is -0.279. The van der Waals surface area contributed by atoms with E-state index in [4.69, 9.17) is 11.6 Å². The molecule has 78 valence electrons. The third-order valence-corrected chi connectivity index (χ3v) is 1.59. The van der Waals surface area contributed by atoms with Crippen LogP contribution in [0.4, 0.5) is 0 Å². The summed E-state index contributed by atoms with van der Waals surface area (Å²) in [5.41, 5.74) is 0.797. The molecule has 0 fully saturated rings. The lowest BCUT2D eigenvalue weighted by Gasteiger charge is -1.98. The van der Waals surface area contributed by atoms with Crippen LogP contribution in [-0.2, 0) is 16.0 Å². The van der Waals surface area contributed by atoms with Gasteiger partial charge in [-0.05, 0) is 11.6 Å². The van der Waals surface area contributed by atoms with Gasteiger partial charge in [0.2, 0.25) is 0 Å². The van der Waals surface area contributed by atoms with E-state index in [0.29, 0.717) is 5.15 Å². The van der Waals surface area contributed by atoms with Crippen molar-refractivity contribution in [2.45, 2.75) is 20.3 Å². The zero-order valence-electron chi connectivity index (χ0n) is 8.58. The van der Waals surface area contributed by atoms with Crippen LogP contribution in [0.5, 0.6) is 0 Å². The molecule has 0 saturated heterocycles. The molecule has 0 spiro atoms. The molecule has 0 aliphatic carbocycles. The highest BCUT2D eigenvalue weighted by atomic mass is 35.5. The minimum Gasteiger partial charge on any atom is -0.469 e. The van der Waals surface area contributed by atoms with E-state index in [1.807, 2.05) is 13.8 Å². The molecule has 0 aliphatic heterocycles. The van der Waals surface area contributed by atoms with Crippen molar-refractivity contribution in [1.82, 2.24) is 4.98 Å². The highest BCUT2D eigenvalue weighted by molar-refractivity contribution is 6.29. The van der Waals surface area contributed by atoms with Gasteiger partial charge in [0, 0.05) is 6.20 Å². The molecule has 0 N–H and O–H groups in total. The predicted octanol–water partition coefficient (Wildman–Crippen LogP) is 2.48. The number of esters is 1. The normalized spacial score (nSPS) is 8.57. The lowest BCUT2D eigenvalue weighted by molar-refractivity contribution is -0.139. The van der Waals surface area contributed by atoms with Crippen molar-refractivity contribution >= 4 is 17.6 Å². The second kappa shape index (κ2) is 7.33. The monoisotopic (exact) mass is 215 g/mol. The van der Waals surface area contributed by atoms with Crippen molar-refractivity contribution < 1.29 is 9.53 Å². The van der Waals surface area contributed by atoms with Crippen molar-refractivity contribution in [2.24, 2.45) is 0 Å². The number of rotatable bonds is 2. The van der Waals surface area contributed by atoms with E-state index in [9.17, 15) is 4.79 Å². The van der Waals surface area contributed by atoms with Crippen molar-refractivity contribution in [3.63, 3.8) is 0 Å². The van der Waals surface area contributed by atoms with Gasteiger partial charge in [-0.15, -0.1) is 0 Å². The first-order chi connectivity index (χ1) is 6.72. The smallest absolute Gasteiger partial charge is 0.310 e. The molecule has 0 unspecified atom stereocenters. The molecule has 1 aromatic heterocycles. The molecule has 0 bridgehead atoms. The van der Waals surface area contributed by atoms with Crippen LogP contribution in [0.25, 0.3) is 0 Å². The van der Waals surface area contributed by atoms with Crippen molar-refractivity contribution in [1.29, 1.82) is 0 Å². The molecule has 0 aliphatic rings. The van der Waals surface area contributed by atoms with Crippen molar-refractivity contribution in [3.8, 4) is 0 Å².